The van der Waals surface area contributed by atoms with E-state index in [2.05, 4.69) is 32.6 Å². The van der Waals surface area contributed by atoms with Crippen molar-refractivity contribution in [3.8, 4) is 5.75 Å². The van der Waals surface area contributed by atoms with Crippen molar-refractivity contribution >= 4 is 39.9 Å². The van der Waals surface area contributed by atoms with Gasteiger partial charge < -0.3 is 4.74 Å². The molecule has 0 aliphatic carbocycles. The quantitative estimate of drug-likeness (QED) is 0.328. The van der Waals surface area contributed by atoms with Gasteiger partial charge in [0.2, 0.25) is 0 Å². The van der Waals surface area contributed by atoms with Crippen LogP contribution in [0.2, 0.25) is 5.02 Å². The first-order chi connectivity index (χ1) is 13.1. The number of hydrogen-bond donors (Lipinski definition) is 0. The van der Waals surface area contributed by atoms with Gasteiger partial charge in [-0.3, -0.25) is 19.3 Å². The molecular formula is C19H17BrClF2N3O2. The lowest BCUT2D eigenvalue weighted by atomic mass is 10.2. The third-order valence-corrected chi connectivity index (χ3v) is 4.54. The predicted octanol–water partition coefficient (Wildman–Crippen LogP) is 5.25. The molecular weight excluding hydrogens is 456 g/mol. The summed E-state index contributed by atoms with van der Waals surface area (Å²) in [5.74, 6) is -1.57. The molecule has 0 saturated heterocycles. The van der Waals surface area contributed by atoms with E-state index in [-0.39, 0.29) is 23.1 Å². The van der Waals surface area contributed by atoms with Crippen LogP contribution in [0.3, 0.4) is 0 Å². The van der Waals surface area contributed by atoms with Gasteiger partial charge in [0.1, 0.15) is 33.5 Å². The molecule has 0 spiro atoms. The van der Waals surface area contributed by atoms with Gasteiger partial charge in [0.15, 0.2) is 5.82 Å². The van der Waals surface area contributed by atoms with Crippen molar-refractivity contribution in [3.63, 3.8) is 0 Å². The number of hydrogen-bond acceptors (Lipinski definition) is 4. The van der Waals surface area contributed by atoms with Crippen LogP contribution in [-0.2, 0) is 6.61 Å². The second-order valence-corrected chi connectivity index (χ2v) is 7.18. The van der Waals surface area contributed by atoms with Gasteiger partial charge in [-0.15, -0.1) is 0 Å². The Balaban J connectivity index is 2.45. The van der Waals surface area contributed by atoms with E-state index in [1.54, 1.807) is 19.1 Å². The van der Waals surface area contributed by atoms with E-state index in [0.29, 0.717) is 22.1 Å². The first kappa shape index (κ1) is 22.0. The van der Waals surface area contributed by atoms with Crippen molar-refractivity contribution in [3.05, 3.63) is 73.0 Å². The molecule has 0 aromatic carbocycles. The molecule has 0 N–H and O–H groups in total. The highest BCUT2D eigenvalue weighted by molar-refractivity contribution is 9.11. The smallest absolute Gasteiger partial charge is 0.277 e. The SMILES string of the molecule is C=N/C(Br)=C\C(=C(C)C)n1c(C)cc(OCc2ncc(F)cc2F)c(Cl)c1=O. The maximum Gasteiger partial charge on any atom is 0.277 e. The van der Waals surface area contributed by atoms with Crippen LogP contribution in [0.4, 0.5) is 8.78 Å². The molecule has 0 bridgehead atoms. The fraction of sp³-hybridized carbons (Fsp3) is 0.211. The van der Waals surface area contributed by atoms with E-state index < -0.39 is 17.2 Å². The minimum absolute atomic E-state index is 0.0731. The minimum atomic E-state index is -0.847. The second-order valence-electron chi connectivity index (χ2n) is 5.99. The zero-order valence-corrected chi connectivity index (χ0v) is 17.7. The summed E-state index contributed by atoms with van der Waals surface area (Å²) in [7, 11) is 0. The minimum Gasteiger partial charge on any atom is -0.485 e. The number of allylic oxidation sites excluding steroid dienone is 3. The van der Waals surface area contributed by atoms with Crippen LogP contribution in [0.25, 0.3) is 5.70 Å². The standard InChI is InChI=1S/C19H17BrClF2N3O2/c1-10(2)15(7-17(20)24-4)26-11(3)5-16(18(21)19(26)27)28-9-14-13(23)6-12(22)8-25-14/h5-8H,4,9H2,1-3H3/b17-7-. The van der Waals surface area contributed by atoms with Gasteiger partial charge in [-0.2, -0.15) is 0 Å². The molecule has 0 amide bonds. The topological polar surface area (TPSA) is 56.5 Å². The Morgan fingerprint density at radius 3 is 2.68 bits per heavy atom. The summed E-state index contributed by atoms with van der Waals surface area (Å²) in [5.41, 5.74) is 1.33. The molecule has 2 aromatic heterocycles. The van der Waals surface area contributed by atoms with Crippen molar-refractivity contribution in [2.45, 2.75) is 27.4 Å². The molecule has 2 heterocycles. The summed E-state index contributed by atoms with van der Waals surface area (Å²) in [4.78, 5) is 20.2. The number of nitrogens with zero attached hydrogens (tertiary/aromatic N) is 3. The van der Waals surface area contributed by atoms with Crippen LogP contribution in [0.5, 0.6) is 5.75 Å². The summed E-state index contributed by atoms with van der Waals surface area (Å²) in [6.45, 7) is 8.49. The van der Waals surface area contributed by atoms with Gasteiger partial charge in [0.25, 0.3) is 5.56 Å². The third-order valence-electron chi connectivity index (χ3n) is 3.71. The van der Waals surface area contributed by atoms with Crippen LogP contribution in [0, 0.1) is 18.6 Å². The molecule has 28 heavy (non-hydrogen) atoms. The van der Waals surface area contributed by atoms with Crippen molar-refractivity contribution in [1.29, 1.82) is 0 Å². The van der Waals surface area contributed by atoms with Crippen molar-refractivity contribution in [2.75, 3.05) is 0 Å². The fourth-order valence-electron chi connectivity index (χ4n) is 2.37. The molecule has 2 aromatic rings. The van der Waals surface area contributed by atoms with Gasteiger partial charge in [-0.1, -0.05) is 17.2 Å². The van der Waals surface area contributed by atoms with Gasteiger partial charge in [-0.05, 0) is 49.5 Å². The summed E-state index contributed by atoms with van der Waals surface area (Å²) in [6, 6.07) is 2.26. The molecule has 0 aliphatic rings. The highest BCUT2D eigenvalue weighted by atomic mass is 79.9. The Hall–Kier alpha value is -2.32. The van der Waals surface area contributed by atoms with Crippen molar-refractivity contribution in [1.82, 2.24) is 9.55 Å². The Morgan fingerprint density at radius 1 is 1.43 bits per heavy atom. The van der Waals surface area contributed by atoms with Crippen LogP contribution in [0.1, 0.15) is 25.2 Å². The maximum atomic E-state index is 13.7. The Bertz CT molecular complexity index is 1040. The van der Waals surface area contributed by atoms with Gasteiger partial charge in [0.05, 0.1) is 11.9 Å². The molecule has 0 saturated carbocycles. The Labute approximate surface area is 174 Å². The first-order valence-electron chi connectivity index (χ1n) is 8.02. The van der Waals surface area contributed by atoms with Crippen molar-refractivity contribution in [2.24, 2.45) is 4.99 Å². The van der Waals surface area contributed by atoms with E-state index in [9.17, 15) is 13.6 Å². The Morgan fingerprint density at radius 2 is 2.11 bits per heavy atom. The van der Waals surface area contributed by atoms with E-state index in [1.165, 1.54) is 4.57 Å². The molecule has 0 aliphatic heterocycles. The number of aliphatic imine (C=N–C) groups is 1. The normalized spacial score (nSPS) is 11.3. The van der Waals surface area contributed by atoms with E-state index in [0.717, 1.165) is 11.8 Å². The van der Waals surface area contributed by atoms with Gasteiger partial charge in [0, 0.05) is 17.8 Å². The van der Waals surface area contributed by atoms with Crippen molar-refractivity contribution < 1.29 is 13.5 Å². The number of pyridine rings is 2. The molecule has 0 radical (unpaired) electrons. The fourth-order valence-corrected chi connectivity index (χ4v) is 2.78. The average molecular weight is 473 g/mol. The summed E-state index contributed by atoms with van der Waals surface area (Å²) in [5, 5.41) is -0.178. The summed E-state index contributed by atoms with van der Waals surface area (Å²) >= 11 is 9.44. The van der Waals surface area contributed by atoms with Crippen LogP contribution >= 0.6 is 27.5 Å². The highest BCUT2D eigenvalue weighted by Gasteiger charge is 2.16. The van der Waals surface area contributed by atoms with E-state index >= 15 is 0 Å². The molecule has 0 fully saturated rings. The van der Waals surface area contributed by atoms with Crippen LogP contribution < -0.4 is 10.3 Å². The molecule has 5 nitrogen and oxygen atoms in total. The number of rotatable bonds is 6. The highest BCUT2D eigenvalue weighted by Crippen LogP contribution is 2.26. The van der Waals surface area contributed by atoms with E-state index in [1.807, 2.05) is 13.8 Å². The molecule has 148 valence electrons. The molecule has 0 atom stereocenters. The van der Waals surface area contributed by atoms with Gasteiger partial charge in [-0.25, -0.2) is 8.78 Å². The number of aromatic nitrogens is 2. The lowest BCUT2D eigenvalue weighted by Crippen LogP contribution is -2.23. The summed E-state index contributed by atoms with van der Waals surface area (Å²) in [6.07, 6.45) is 2.52. The lowest BCUT2D eigenvalue weighted by Gasteiger charge is -2.16. The third kappa shape index (κ3) is 4.94. The Kier molecular flexibility index (Phi) is 7.26. The molecule has 2 rings (SSSR count). The molecule has 9 heteroatoms. The first-order valence-corrected chi connectivity index (χ1v) is 9.19. The number of halogens is 4. The van der Waals surface area contributed by atoms with Gasteiger partial charge >= 0.3 is 0 Å². The number of aryl methyl sites for hydroxylation is 1. The molecule has 0 unspecified atom stereocenters. The van der Waals surface area contributed by atoms with E-state index in [4.69, 9.17) is 16.3 Å². The monoisotopic (exact) mass is 471 g/mol. The van der Waals surface area contributed by atoms with Crippen LogP contribution in [-0.4, -0.2) is 16.3 Å². The summed E-state index contributed by atoms with van der Waals surface area (Å²) < 4.78 is 34.0. The average Bonchev–Trinajstić information content (AvgIpc) is 2.63. The number of ether oxygens (including phenoxy) is 1. The largest absolute Gasteiger partial charge is 0.485 e. The second kappa shape index (κ2) is 9.25. The lowest BCUT2D eigenvalue weighted by molar-refractivity contribution is 0.292. The predicted molar refractivity (Wildman–Crippen MR) is 110 cm³/mol. The maximum absolute atomic E-state index is 13.7. The van der Waals surface area contributed by atoms with Crippen LogP contribution in [0.15, 0.2) is 44.4 Å². The zero-order valence-electron chi connectivity index (χ0n) is 15.4. The zero-order chi connectivity index (χ0) is 21.0.